The fourth-order valence-corrected chi connectivity index (χ4v) is 2.97. The van der Waals surface area contributed by atoms with Gasteiger partial charge in [-0.3, -0.25) is 9.78 Å². The summed E-state index contributed by atoms with van der Waals surface area (Å²) in [7, 11) is 1.62. The Kier molecular flexibility index (Phi) is 2.78. The van der Waals surface area contributed by atoms with Gasteiger partial charge in [-0.15, -0.1) is 0 Å². The third-order valence-electron chi connectivity index (χ3n) is 3.18. The van der Waals surface area contributed by atoms with Crippen LogP contribution in [0.3, 0.4) is 0 Å². The number of nitrogens with zero attached hydrogens (tertiary/aromatic N) is 1. The SMILES string of the molecule is COc1cc(C)c2[nH]c(=O)c3ncccc3c2c1Br. The Morgan fingerprint density at radius 1 is 1.42 bits per heavy atom. The van der Waals surface area contributed by atoms with Crippen molar-refractivity contribution in [1.29, 1.82) is 0 Å². The van der Waals surface area contributed by atoms with Gasteiger partial charge in [-0.05, 0) is 40.5 Å². The quantitative estimate of drug-likeness (QED) is 0.701. The maximum atomic E-state index is 12.0. The summed E-state index contributed by atoms with van der Waals surface area (Å²) in [6.45, 7) is 1.94. The highest BCUT2D eigenvalue weighted by atomic mass is 79.9. The van der Waals surface area contributed by atoms with Crippen molar-refractivity contribution in [2.24, 2.45) is 0 Å². The first-order chi connectivity index (χ1) is 9.13. The highest BCUT2D eigenvalue weighted by molar-refractivity contribution is 9.10. The van der Waals surface area contributed by atoms with Crippen molar-refractivity contribution < 1.29 is 4.74 Å². The molecular formula is C14H11BrN2O2. The van der Waals surface area contributed by atoms with Crippen LogP contribution in [0.1, 0.15) is 5.56 Å². The number of aryl methyl sites for hydroxylation is 1. The van der Waals surface area contributed by atoms with Crippen LogP contribution in [0.2, 0.25) is 0 Å². The van der Waals surface area contributed by atoms with Crippen LogP contribution < -0.4 is 10.3 Å². The third kappa shape index (κ3) is 1.73. The second-order valence-corrected chi connectivity index (χ2v) is 5.11. The maximum absolute atomic E-state index is 12.0. The van der Waals surface area contributed by atoms with E-state index >= 15 is 0 Å². The number of ether oxygens (including phenoxy) is 1. The average molecular weight is 319 g/mol. The minimum absolute atomic E-state index is 0.178. The first kappa shape index (κ1) is 12.2. The van der Waals surface area contributed by atoms with Crippen molar-refractivity contribution >= 4 is 37.7 Å². The molecule has 0 saturated heterocycles. The summed E-state index contributed by atoms with van der Waals surface area (Å²) >= 11 is 3.55. The van der Waals surface area contributed by atoms with Gasteiger partial charge in [-0.25, -0.2) is 0 Å². The lowest BCUT2D eigenvalue weighted by atomic mass is 10.1. The Bertz CT molecular complexity index is 855. The van der Waals surface area contributed by atoms with Crippen LogP contribution in [-0.4, -0.2) is 17.1 Å². The number of hydrogen-bond donors (Lipinski definition) is 1. The fraction of sp³-hybridized carbons (Fsp3) is 0.143. The van der Waals surface area contributed by atoms with Crippen LogP contribution in [0.5, 0.6) is 5.75 Å². The topological polar surface area (TPSA) is 55.0 Å². The summed E-state index contributed by atoms with van der Waals surface area (Å²) in [5.41, 5.74) is 2.02. The number of aromatic amines is 1. The van der Waals surface area contributed by atoms with E-state index < -0.39 is 0 Å². The van der Waals surface area contributed by atoms with E-state index in [1.54, 1.807) is 13.3 Å². The monoisotopic (exact) mass is 318 g/mol. The molecule has 4 nitrogen and oxygen atoms in total. The third-order valence-corrected chi connectivity index (χ3v) is 3.97. The molecule has 0 fully saturated rings. The van der Waals surface area contributed by atoms with Crippen LogP contribution in [0.25, 0.3) is 21.8 Å². The normalized spacial score (nSPS) is 11.1. The fourth-order valence-electron chi connectivity index (χ4n) is 2.29. The molecule has 2 heterocycles. The van der Waals surface area contributed by atoms with Gasteiger partial charge >= 0.3 is 0 Å². The first-order valence-corrected chi connectivity index (χ1v) is 6.56. The molecule has 1 N–H and O–H groups in total. The maximum Gasteiger partial charge on any atom is 0.274 e. The van der Waals surface area contributed by atoms with Gasteiger partial charge in [0.05, 0.1) is 17.1 Å². The summed E-state index contributed by atoms with van der Waals surface area (Å²) < 4.78 is 6.18. The Hall–Kier alpha value is -1.88. The molecule has 0 atom stereocenters. The van der Waals surface area contributed by atoms with Crippen LogP contribution in [0, 0.1) is 6.92 Å². The van der Waals surface area contributed by atoms with Gasteiger partial charge in [0.15, 0.2) is 0 Å². The number of nitrogens with one attached hydrogen (secondary N) is 1. The summed E-state index contributed by atoms with van der Waals surface area (Å²) in [5, 5.41) is 1.73. The van der Waals surface area contributed by atoms with Crippen molar-refractivity contribution in [2.75, 3.05) is 7.11 Å². The second kappa shape index (κ2) is 4.35. The smallest absolute Gasteiger partial charge is 0.274 e. The average Bonchev–Trinajstić information content (AvgIpc) is 2.43. The Balaban J connectivity index is 2.67. The van der Waals surface area contributed by atoms with E-state index in [1.165, 1.54) is 0 Å². The number of methoxy groups -OCH3 is 1. The number of pyridine rings is 2. The van der Waals surface area contributed by atoms with Crippen molar-refractivity contribution in [3.8, 4) is 5.75 Å². The van der Waals surface area contributed by atoms with Gasteiger partial charge in [-0.2, -0.15) is 0 Å². The Morgan fingerprint density at radius 3 is 2.95 bits per heavy atom. The molecule has 0 aliphatic carbocycles. The number of fused-ring (bicyclic) bond motifs is 3. The molecule has 3 aromatic rings. The molecule has 0 unspecified atom stereocenters. The summed E-state index contributed by atoms with van der Waals surface area (Å²) in [6.07, 6.45) is 1.62. The standard InChI is InChI=1S/C14H11BrN2O2/c1-7-6-9(19-2)11(15)10-8-4-3-5-16-13(8)14(18)17-12(7)10/h3-6H,1-2H3,(H,17,18). The van der Waals surface area contributed by atoms with E-state index in [0.29, 0.717) is 5.52 Å². The molecule has 96 valence electrons. The van der Waals surface area contributed by atoms with Crippen LogP contribution in [0.15, 0.2) is 33.7 Å². The minimum atomic E-state index is -0.178. The molecule has 2 aromatic heterocycles. The number of aromatic nitrogens is 2. The number of rotatable bonds is 1. The van der Waals surface area contributed by atoms with E-state index in [9.17, 15) is 4.79 Å². The lowest BCUT2D eigenvalue weighted by molar-refractivity contribution is 0.412. The zero-order chi connectivity index (χ0) is 13.6. The molecule has 5 heteroatoms. The molecule has 0 amide bonds. The predicted molar refractivity (Wildman–Crippen MR) is 78.9 cm³/mol. The van der Waals surface area contributed by atoms with Gasteiger partial charge in [0.2, 0.25) is 0 Å². The Labute approximate surface area is 117 Å². The molecule has 19 heavy (non-hydrogen) atoms. The molecule has 1 aromatic carbocycles. The molecule has 0 spiro atoms. The first-order valence-electron chi connectivity index (χ1n) is 5.77. The lowest BCUT2D eigenvalue weighted by Crippen LogP contribution is -2.09. The summed E-state index contributed by atoms with van der Waals surface area (Å²) in [4.78, 5) is 19.1. The van der Waals surface area contributed by atoms with Crippen molar-refractivity contribution in [3.63, 3.8) is 0 Å². The number of halogens is 1. The molecule has 3 rings (SSSR count). The van der Waals surface area contributed by atoms with E-state index in [2.05, 4.69) is 25.9 Å². The highest BCUT2D eigenvalue weighted by Crippen LogP contribution is 2.37. The van der Waals surface area contributed by atoms with E-state index in [4.69, 9.17) is 4.74 Å². The van der Waals surface area contributed by atoms with E-state index in [0.717, 1.165) is 32.1 Å². The summed E-state index contributed by atoms with van der Waals surface area (Å²) in [5.74, 6) is 0.738. The van der Waals surface area contributed by atoms with Crippen LogP contribution in [0.4, 0.5) is 0 Å². The zero-order valence-corrected chi connectivity index (χ0v) is 12.0. The van der Waals surface area contributed by atoms with Gasteiger partial charge in [0, 0.05) is 17.0 Å². The van der Waals surface area contributed by atoms with Crippen molar-refractivity contribution in [3.05, 3.63) is 44.8 Å². The van der Waals surface area contributed by atoms with Crippen LogP contribution >= 0.6 is 15.9 Å². The lowest BCUT2D eigenvalue weighted by Gasteiger charge is -2.11. The van der Waals surface area contributed by atoms with Gasteiger partial charge in [0.25, 0.3) is 5.56 Å². The molecule has 0 radical (unpaired) electrons. The number of hydrogen-bond acceptors (Lipinski definition) is 3. The highest BCUT2D eigenvalue weighted by Gasteiger charge is 2.14. The molecular weight excluding hydrogens is 308 g/mol. The van der Waals surface area contributed by atoms with Gasteiger partial charge in [-0.1, -0.05) is 6.07 Å². The minimum Gasteiger partial charge on any atom is -0.496 e. The summed E-state index contributed by atoms with van der Waals surface area (Å²) in [6, 6.07) is 5.61. The van der Waals surface area contributed by atoms with Gasteiger partial charge < -0.3 is 9.72 Å². The zero-order valence-electron chi connectivity index (χ0n) is 10.5. The van der Waals surface area contributed by atoms with E-state index in [1.807, 2.05) is 25.1 Å². The molecule has 0 aliphatic heterocycles. The predicted octanol–water partition coefficient (Wildman–Crippen LogP) is 3.16. The van der Waals surface area contributed by atoms with Crippen molar-refractivity contribution in [2.45, 2.75) is 6.92 Å². The van der Waals surface area contributed by atoms with E-state index in [-0.39, 0.29) is 5.56 Å². The second-order valence-electron chi connectivity index (χ2n) is 4.31. The number of benzene rings is 1. The van der Waals surface area contributed by atoms with Gasteiger partial charge in [0.1, 0.15) is 11.3 Å². The van der Waals surface area contributed by atoms with Crippen molar-refractivity contribution in [1.82, 2.24) is 9.97 Å². The van der Waals surface area contributed by atoms with Crippen LogP contribution in [-0.2, 0) is 0 Å². The molecule has 0 aliphatic rings. The largest absolute Gasteiger partial charge is 0.496 e. The Morgan fingerprint density at radius 2 is 2.21 bits per heavy atom. The molecule has 0 bridgehead atoms. The number of H-pyrrole nitrogens is 1. The molecule has 0 saturated carbocycles.